The summed E-state index contributed by atoms with van der Waals surface area (Å²) in [6.45, 7) is 3.27. The second-order valence-corrected chi connectivity index (χ2v) is 13.5. The Balaban J connectivity index is 1.32. The number of methoxy groups -OCH3 is 2. The van der Waals surface area contributed by atoms with E-state index in [1.165, 1.54) is 19.3 Å². The normalized spacial score (nSPS) is 49.0. The molecule has 10 atom stereocenters. The van der Waals surface area contributed by atoms with E-state index in [4.69, 9.17) is 14.2 Å². The van der Waals surface area contributed by atoms with Gasteiger partial charge in [-0.2, -0.15) is 0 Å². The fraction of sp³-hybridized carbons (Fsp3) is 0.767. The maximum Gasteiger partial charge on any atom is 0.338 e. The van der Waals surface area contributed by atoms with Crippen molar-refractivity contribution in [2.45, 2.75) is 69.6 Å². The Hall–Kier alpha value is -1.83. The van der Waals surface area contributed by atoms with Gasteiger partial charge in [-0.15, -0.1) is 0 Å². The van der Waals surface area contributed by atoms with E-state index in [-0.39, 0.29) is 23.4 Å². The van der Waals surface area contributed by atoms with E-state index < -0.39 is 17.7 Å². The largest absolute Gasteiger partial charge is 0.493 e. The van der Waals surface area contributed by atoms with Gasteiger partial charge in [0.1, 0.15) is 11.7 Å². The van der Waals surface area contributed by atoms with Crippen molar-refractivity contribution in [2.75, 3.05) is 34.4 Å². The molecular weight excluding hydrogens is 470 g/mol. The first-order valence-electron chi connectivity index (χ1n) is 14.2. The van der Waals surface area contributed by atoms with Crippen LogP contribution in [0.2, 0.25) is 0 Å². The Morgan fingerprint density at radius 1 is 1.08 bits per heavy atom. The van der Waals surface area contributed by atoms with Gasteiger partial charge in [0.25, 0.3) is 0 Å². The van der Waals surface area contributed by atoms with E-state index in [2.05, 4.69) is 18.9 Å². The summed E-state index contributed by atoms with van der Waals surface area (Å²) in [6.07, 6.45) is 7.04. The molecule has 7 aliphatic rings. The molecule has 1 aliphatic heterocycles. The van der Waals surface area contributed by atoms with Crippen LogP contribution in [0.3, 0.4) is 0 Å². The predicted octanol–water partition coefficient (Wildman–Crippen LogP) is 3.51. The van der Waals surface area contributed by atoms with Gasteiger partial charge in [-0.25, -0.2) is 4.79 Å². The van der Waals surface area contributed by atoms with Gasteiger partial charge in [0.15, 0.2) is 11.5 Å². The molecule has 7 fully saturated rings. The highest BCUT2D eigenvalue weighted by atomic mass is 16.6. The molecule has 8 rings (SSSR count). The second-order valence-electron chi connectivity index (χ2n) is 13.5. The van der Waals surface area contributed by atoms with Crippen molar-refractivity contribution in [3.63, 3.8) is 0 Å². The minimum Gasteiger partial charge on any atom is -0.493 e. The monoisotopic (exact) mass is 511 g/mol. The number of hydrogen-bond donors (Lipinski definition) is 2. The number of benzene rings is 1. The summed E-state index contributed by atoms with van der Waals surface area (Å²) < 4.78 is 17.2. The molecule has 7 heteroatoms. The highest BCUT2D eigenvalue weighted by molar-refractivity contribution is 5.90. The minimum atomic E-state index is -1.41. The first-order valence-corrected chi connectivity index (χ1v) is 14.2. The third-order valence-electron chi connectivity index (χ3n) is 12.5. The average Bonchev–Trinajstić information content (AvgIpc) is 3.33. The first-order chi connectivity index (χ1) is 17.7. The van der Waals surface area contributed by atoms with Gasteiger partial charge < -0.3 is 29.3 Å². The van der Waals surface area contributed by atoms with Crippen molar-refractivity contribution in [2.24, 2.45) is 39.9 Å². The van der Waals surface area contributed by atoms with Crippen LogP contribution < -0.4 is 9.47 Å². The van der Waals surface area contributed by atoms with Crippen LogP contribution in [-0.2, 0) is 4.74 Å². The van der Waals surface area contributed by atoms with Crippen LogP contribution in [0, 0.1) is 39.9 Å². The lowest BCUT2D eigenvalue weighted by Crippen LogP contribution is -2.73. The zero-order valence-corrected chi connectivity index (χ0v) is 22.5. The van der Waals surface area contributed by atoms with E-state index >= 15 is 0 Å². The highest BCUT2D eigenvalue weighted by Crippen LogP contribution is 2.84. The number of aliphatic hydroxyl groups is 2. The molecule has 2 spiro atoms. The summed E-state index contributed by atoms with van der Waals surface area (Å²) in [6, 6.07) is 5.50. The molecule has 37 heavy (non-hydrogen) atoms. The van der Waals surface area contributed by atoms with Crippen molar-refractivity contribution >= 4 is 5.97 Å². The summed E-state index contributed by atoms with van der Waals surface area (Å²) in [5, 5.41) is 22.7. The fourth-order valence-electron chi connectivity index (χ4n) is 11.7. The highest BCUT2D eigenvalue weighted by Gasteiger charge is 2.85. The number of ether oxygens (including phenoxy) is 3. The molecule has 1 aromatic carbocycles. The third-order valence-corrected chi connectivity index (χ3v) is 12.5. The number of piperidine rings is 1. The third kappa shape index (κ3) is 2.67. The molecule has 1 saturated heterocycles. The van der Waals surface area contributed by atoms with E-state index in [0.717, 1.165) is 32.2 Å². The van der Waals surface area contributed by atoms with Gasteiger partial charge >= 0.3 is 5.97 Å². The van der Waals surface area contributed by atoms with Crippen LogP contribution in [0.5, 0.6) is 11.5 Å². The number of aliphatic hydroxyl groups excluding tert-OH is 1. The lowest BCUT2D eigenvalue weighted by atomic mass is 9.38. The SMILES string of the molecule is COc1ccc(C(=O)OC2C(O)(CO)C3CCC24C2CC5C6(C)CCCC5(C2N(C)C6)C4C3)cc1OC. The number of likely N-dealkylation sites (tertiary alicyclic amines) is 1. The average molecular weight is 512 g/mol. The molecule has 7 nitrogen and oxygen atoms in total. The van der Waals surface area contributed by atoms with Crippen LogP contribution in [0.15, 0.2) is 18.2 Å². The molecule has 2 N–H and O–H groups in total. The van der Waals surface area contributed by atoms with Crippen molar-refractivity contribution in [1.82, 2.24) is 4.90 Å². The van der Waals surface area contributed by atoms with Crippen molar-refractivity contribution in [3.8, 4) is 11.5 Å². The van der Waals surface area contributed by atoms with Crippen molar-refractivity contribution in [3.05, 3.63) is 23.8 Å². The Labute approximate surface area is 219 Å². The molecule has 202 valence electrons. The number of carbonyl (C=O) groups is 1. The number of nitrogens with zero attached hydrogens (tertiary/aromatic N) is 1. The first kappa shape index (κ1) is 24.2. The minimum absolute atomic E-state index is 0.0551. The molecule has 6 saturated carbocycles. The Morgan fingerprint density at radius 3 is 2.59 bits per heavy atom. The fourth-order valence-corrected chi connectivity index (χ4v) is 11.7. The maximum atomic E-state index is 13.7. The Kier molecular flexibility index (Phi) is 5.00. The maximum absolute atomic E-state index is 13.7. The summed E-state index contributed by atoms with van der Waals surface area (Å²) in [7, 11) is 5.41. The Morgan fingerprint density at radius 2 is 1.86 bits per heavy atom. The van der Waals surface area contributed by atoms with Gasteiger partial charge in [-0.05, 0) is 98.3 Å². The quantitative estimate of drug-likeness (QED) is 0.585. The molecular formula is C30H41NO6. The standard InChI is InChI=1S/C30H41NO6/c1-27-9-5-10-29-22(27)14-19(24(29)31(2)15-27)28-11-8-18(13-23(28)29)30(34,16-32)26(28)37-25(33)17-6-7-20(35-3)21(12-17)36-4/h6-7,12,18-19,22-24,26,32,34H,5,8-11,13-16H2,1-4H3. The Bertz CT molecular complexity index is 1140. The number of rotatable bonds is 5. The molecule has 0 aromatic heterocycles. The van der Waals surface area contributed by atoms with Crippen molar-refractivity contribution in [1.29, 1.82) is 0 Å². The summed E-state index contributed by atoms with van der Waals surface area (Å²) in [5.41, 5.74) is -0.762. The van der Waals surface area contributed by atoms with Crippen LogP contribution in [0.25, 0.3) is 0 Å². The summed E-state index contributed by atoms with van der Waals surface area (Å²) in [5.74, 6) is 1.98. The van der Waals surface area contributed by atoms with Gasteiger partial charge in [-0.3, -0.25) is 0 Å². The zero-order valence-electron chi connectivity index (χ0n) is 22.5. The summed E-state index contributed by atoms with van der Waals surface area (Å²) in [4.78, 5) is 16.3. The smallest absolute Gasteiger partial charge is 0.338 e. The number of esters is 1. The molecule has 7 bridgehead atoms. The summed E-state index contributed by atoms with van der Waals surface area (Å²) >= 11 is 0. The van der Waals surface area contributed by atoms with Gasteiger partial charge in [0.2, 0.25) is 0 Å². The molecule has 0 amide bonds. The lowest BCUT2D eigenvalue weighted by molar-refractivity contribution is -0.286. The molecule has 10 unspecified atom stereocenters. The van der Waals surface area contributed by atoms with Gasteiger partial charge in [-0.1, -0.05) is 13.3 Å². The van der Waals surface area contributed by atoms with E-state index in [0.29, 0.717) is 46.3 Å². The number of hydrogen-bond acceptors (Lipinski definition) is 7. The van der Waals surface area contributed by atoms with E-state index in [9.17, 15) is 15.0 Å². The van der Waals surface area contributed by atoms with Crippen molar-refractivity contribution < 1.29 is 29.2 Å². The molecule has 6 aliphatic carbocycles. The van der Waals surface area contributed by atoms with Crippen LogP contribution in [0.4, 0.5) is 0 Å². The molecule has 0 radical (unpaired) electrons. The molecule has 1 aromatic rings. The van der Waals surface area contributed by atoms with Gasteiger partial charge in [0, 0.05) is 18.0 Å². The van der Waals surface area contributed by atoms with Crippen LogP contribution in [-0.4, -0.2) is 73.2 Å². The van der Waals surface area contributed by atoms with Gasteiger partial charge in [0.05, 0.1) is 26.4 Å². The van der Waals surface area contributed by atoms with Crippen LogP contribution >= 0.6 is 0 Å². The topological polar surface area (TPSA) is 88.5 Å². The zero-order chi connectivity index (χ0) is 26.0. The van der Waals surface area contributed by atoms with E-state index in [1.54, 1.807) is 32.4 Å². The van der Waals surface area contributed by atoms with E-state index in [1.807, 2.05) is 0 Å². The second kappa shape index (κ2) is 7.64. The predicted molar refractivity (Wildman–Crippen MR) is 136 cm³/mol. The lowest BCUT2D eigenvalue weighted by Gasteiger charge is -2.69. The molecule has 1 heterocycles. The number of fused-ring (bicyclic) bond motifs is 2. The number of carbonyl (C=O) groups excluding carboxylic acids is 1. The van der Waals surface area contributed by atoms with Crippen LogP contribution in [0.1, 0.15) is 62.2 Å².